The summed E-state index contributed by atoms with van der Waals surface area (Å²) in [5.74, 6) is 0.323. The zero-order valence-electron chi connectivity index (χ0n) is 16.3. The predicted molar refractivity (Wildman–Crippen MR) is 108 cm³/mol. The first-order valence-corrected chi connectivity index (χ1v) is 9.09. The number of benzene rings is 1. The van der Waals surface area contributed by atoms with Crippen LogP contribution < -0.4 is 0 Å². The molecule has 1 heterocycles. The number of nitrogens with zero attached hydrogens (tertiary/aromatic N) is 4. The number of pyridine rings is 1. The minimum absolute atomic E-state index is 0.323. The van der Waals surface area contributed by atoms with E-state index in [4.69, 9.17) is 0 Å². The first kappa shape index (κ1) is 20.1. The molecule has 0 unspecified atom stereocenters. The Morgan fingerprint density at radius 1 is 1.19 bits per heavy atom. The summed E-state index contributed by atoms with van der Waals surface area (Å²) in [4.78, 5) is 13.2. The van der Waals surface area contributed by atoms with Crippen LogP contribution in [0, 0.1) is 6.92 Å². The van der Waals surface area contributed by atoms with E-state index in [-0.39, 0.29) is 0 Å². The molecule has 0 aliphatic rings. The van der Waals surface area contributed by atoms with Gasteiger partial charge in [-0.2, -0.15) is 0 Å². The molecular formula is C21H30N4O. The number of aromatic hydroxyl groups is 1. The lowest BCUT2D eigenvalue weighted by Gasteiger charge is -2.23. The molecule has 0 atom stereocenters. The zero-order valence-corrected chi connectivity index (χ0v) is 16.3. The van der Waals surface area contributed by atoms with E-state index in [0.717, 1.165) is 48.6 Å². The monoisotopic (exact) mass is 354 g/mol. The van der Waals surface area contributed by atoms with Gasteiger partial charge in [0.15, 0.2) is 0 Å². The van der Waals surface area contributed by atoms with Crippen LogP contribution in [0.15, 0.2) is 41.5 Å². The molecule has 0 bridgehead atoms. The third kappa shape index (κ3) is 6.24. The molecule has 2 rings (SSSR count). The maximum absolute atomic E-state index is 10.7. The third-order valence-corrected chi connectivity index (χ3v) is 4.28. The molecule has 5 heteroatoms. The molecule has 0 saturated heterocycles. The van der Waals surface area contributed by atoms with Crippen LogP contribution in [-0.4, -0.2) is 59.8 Å². The van der Waals surface area contributed by atoms with E-state index in [0.29, 0.717) is 12.3 Å². The Morgan fingerprint density at radius 3 is 2.65 bits per heavy atom. The Morgan fingerprint density at radius 2 is 2.00 bits per heavy atom. The van der Waals surface area contributed by atoms with Crippen LogP contribution >= 0.6 is 0 Å². The molecule has 1 aromatic heterocycles. The maximum atomic E-state index is 10.7. The Balaban J connectivity index is 2.11. The van der Waals surface area contributed by atoms with Crippen LogP contribution in [0.1, 0.15) is 29.3 Å². The van der Waals surface area contributed by atoms with Crippen molar-refractivity contribution in [3.05, 3.63) is 58.9 Å². The van der Waals surface area contributed by atoms with E-state index in [1.54, 1.807) is 12.4 Å². The quantitative estimate of drug-likeness (QED) is 0.703. The summed E-state index contributed by atoms with van der Waals surface area (Å²) in [6.45, 7) is 8.36. The average Bonchev–Trinajstić information content (AvgIpc) is 2.62. The van der Waals surface area contributed by atoms with Crippen LogP contribution in [0.4, 0.5) is 0 Å². The topological polar surface area (TPSA) is 52.0 Å². The molecule has 26 heavy (non-hydrogen) atoms. The molecule has 0 spiro atoms. The van der Waals surface area contributed by atoms with Gasteiger partial charge in [0.1, 0.15) is 5.75 Å². The highest BCUT2D eigenvalue weighted by Crippen LogP contribution is 2.25. The second-order valence-electron chi connectivity index (χ2n) is 6.82. The fourth-order valence-corrected chi connectivity index (χ4v) is 2.76. The number of aliphatic imine (C=N–C) groups is 1. The summed E-state index contributed by atoms with van der Waals surface area (Å²) in [5.41, 5.74) is 3.75. The first-order valence-electron chi connectivity index (χ1n) is 9.09. The number of hydrogen-bond acceptors (Lipinski definition) is 5. The Hall–Kier alpha value is -2.24. The molecule has 0 saturated carbocycles. The second kappa shape index (κ2) is 10.0. The Bertz CT molecular complexity index is 713. The molecular weight excluding hydrogens is 324 g/mol. The average molecular weight is 354 g/mol. The number of phenolic OH excluding ortho intramolecular Hbond substituents is 1. The second-order valence-corrected chi connectivity index (χ2v) is 6.82. The third-order valence-electron chi connectivity index (χ3n) is 4.28. The van der Waals surface area contributed by atoms with Crippen molar-refractivity contribution in [2.24, 2.45) is 4.99 Å². The Kier molecular flexibility index (Phi) is 7.75. The van der Waals surface area contributed by atoms with E-state index in [1.807, 2.05) is 24.3 Å². The lowest BCUT2D eigenvalue weighted by molar-refractivity contribution is 0.241. The maximum Gasteiger partial charge on any atom is 0.128 e. The van der Waals surface area contributed by atoms with Crippen molar-refractivity contribution in [3.63, 3.8) is 0 Å². The minimum atomic E-state index is 0.323. The van der Waals surface area contributed by atoms with Crippen molar-refractivity contribution >= 4 is 6.21 Å². The molecule has 0 fully saturated rings. The van der Waals surface area contributed by atoms with Gasteiger partial charge in [-0.1, -0.05) is 19.1 Å². The van der Waals surface area contributed by atoms with Crippen molar-refractivity contribution < 1.29 is 5.11 Å². The summed E-state index contributed by atoms with van der Waals surface area (Å²) in [6.07, 6.45) is 3.51. The number of hydrogen-bond donors (Lipinski definition) is 1. The summed E-state index contributed by atoms with van der Waals surface area (Å²) in [6, 6.07) is 9.82. The first-order chi connectivity index (χ1) is 12.5. The predicted octanol–water partition coefficient (Wildman–Crippen LogP) is 3.10. The number of aromatic nitrogens is 1. The molecule has 0 aliphatic carbocycles. The van der Waals surface area contributed by atoms with Crippen LogP contribution in [0.25, 0.3) is 0 Å². The van der Waals surface area contributed by atoms with E-state index < -0.39 is 0 Å². The highest BCUT2D eigenvalue weighted by atomic mass is 16.3. The highest BCUT2D eigenvalue weighted by Gasteiger charge is 2.11. The molecule has 0 radical (unpaired) electrons. The van der Waals surface area contributed by atoms with Crippen molar-refractivity contribution in [2.75, 3.05) is 33.7 Å². The number of likely N-dealkylation sites (N-methyl/N-ethyl adjacent to an activating group) is 2. The lowest BCUT2D eigenvalue weighted by Crippen LogP contribution is -2.31. The van der Waals surface area contributed by atoms with Crippen molar-refractivity contribution in [1.82, 2.24) is 14.8 Å². The summed E-state index contributed by atoms with van der Waals surface area (Å²) in [7, 11) is 4.16. The van der Waals surface area contributed by atoms with Gasteiger partial charge < -0.3 is 10.0 Å². The largest absolute Gasteiger partial charge is 0.507 e. The zero-order chi connectivity index (χ0) is 18.9. The van der Waals surface area contributed by atoms with Crippen LogP contribution in [0.5, 0.6) is 5.75 Å². The van der Waals surface area contributed by atoms with E-state index >= 15 is 0 Å². The molecule has 0 amide bonds. The summed E-state index contributed by atoms with van der Waals surface area (Å²) >= 11 is 0. The smallest absolute Gasteiger partial charge is 0.128 e. The summed E-state index contributed by atoms with van der Waals surface area (Å²) in [5, 5.41) is 10.7. The standard InChI is InChI=1S/C21H30N4O/c1-5-25(11-10-24(3)4)16-19-13-17(2)12-18(21(19)26)14-22-15-20-8-6-7-9-23-20/h6-9,12-14,26H,5,10-11,15-16H2,1-4H3. The SMILES string of the molecule is CCN(CCN(C)C)Cc1cc(C)cc(C=NCc2ccccn2)c1O. The van der Waals surface area contributed by atoms with Crippen molar-refractivity contribution in [1.29, 1.82) is 0 Å². The van der Waals surface area contributed by atoms with Gasteiger partial charge in [-0.05, 0) is 51.3 Å². The summed E-state index contributed by atoms with van der Waals surface area (Å²) < 4.78 is 0. The van der Waals surface area contributed by atoms with Crippen LogP contribution in [0.2, 0.25) is 0 Å². The van der Waals surface area contributed by atoms with Gasteiger partial charge in [0, 0.05) is 43.2 Å². The van der Waals surface area contributed by atoms with Crippen LogP contribution in [0.3, 0.4) is 0 Å². The number of phenols is 1. The highest BCUT2D eigenvalue weighted by molar-refractivity contribution is 5.84. The fraction of sp³-hybridized carbons (Fsp3) is 0.429. The lowest BCUT2D eigenvalue weighted by atomic mass is 10.0. The fourth-order valence-electron chi connectivity index (χ4n) is 2.76. The van der Waals surface area contributed by atoms with Gasteiger partial charge >= 0.3 is 0 Å². The van der Waals surface area contributed by atoms with Crippen LogP contribution in [-0.2, 0) is 13.1 Å². The van der Waals surface area contributed by atoms with E-state index in [2.05, 4.69) is 53.8 Å². The molecule has 5 nitrogen and oxygen atoms in total. The van der Waals surface area contributed by atoms with Gasteiger partial charge in [0.2, 0.25) is 0 Å². The van der Waals surface area contributed by atoms with Gasteiger partial charge in [0.05, 0.1) is 12.2 Å². The molecule has 2 aromatic rings. The minimum Gasteiger partial charge on any atom is -0.507 e. The molecule has 1 N–H and O–H groups in total. The normalized spacial score (nSPS) is 11.8. The van der Waals surface area contributed by atoms with Crippen molar-refractivity contribution in [2.45, 2.75) is 26.9 Å². The van der Waals surface area contributed by atoms with Gasteiger partial charge in [0.25, 0.3) is 0 Å². The van der Waals surface area contributed by atoms with Crippen molar-refractivity contribution in [3.8, 4) is 5.75 Å². The van der Waals surface area contributed by atoms with Gasteiger partial charge in [-0.25, -0.2) is 0 Å². The van der Waals surface area contributed by atoms with Gasteiger partial charge in [-0.3, -0.25) is 14.9 Å². The molecule has 1 aromatic carbocycles. The van der Waals surface area contributed by atoms with E-state index in [1.165, 1.54) is 0 Å². The molecule has 140 valence electrons. The molecule has 0 aliphatic heterocycles. The number of aryl methyl sites for hydroxylation is 1. The Labute approximate surface area is 157 Å². The number of rotatable bonds is 9. The van der Waals surface area contributed by atoms with E-state index in [9.17, 15) is 5.11 Å². The van der Waals surface area contributed by atoms with Gasteiger partial charge in [-0.15, -0.1) is 0 Å².